The first-order valence-electron chi connectivity index (χ1n) is 22.1. The van der Waals surface area contributed by atoms with E-state index in [4.69, 9.17) is 8.83 Å². The molecule has 13 rings (SSSR count). The van der Waals surface area contributed by atoms with Crippen molar-refractivity contribution < 1.29 is 8.83 Å². The van der Waals surface area contributed by atoms with E-state index in [0.717, 1.165) is 99.5 Å². The van der Waals surface area contributed by atoms with Crippen LogP contribution >= 0.6 is 0 Å². The SMILES string of the molecule is c1cc(-c2ccc(N(c3ccc(-c4ccc5oc6ccccc6c5c4)cc3)c3ccccc3-c3cccc4c3oc3c5ccccc5ccc43)cc2)cc(-c2ccc3ccccc3c2)c1. The molecule has 0 spiro atoms. The fraction of sp³-hybridized carbons (Fsp3) is 0. The van der Waals surface area contributed by atoms with E-state index in [1.165, 1.54) is 27.5 Å². The van der Waals surface area contributed by atoms with E-state index in [2.05, 4.69) is 229 Å². The maximum Gasteiger partial charge on any atom is 0.143 e. The second-order valence-corrected chi connectivity index (χ2v) is 16.8. The van der Waals surface area contributed by atoms with Crippen LogP contribution in [0.25, 0.3) is 110 Å². The zero-order valence-electron chi connectivity index (χ0n) is 35.3. The summed E-state index contributed by atoms with van der Waals surface area (Å²) in [6, 6.07) is 84.8. The van der Waals surface area contributed by atoms with Gasteiger partial charge < -0.3 is 13.7 Å². The highest BCUT2D eigenvalue weighted by molar-refractivity contribution is 6.17. The maximum absolute atomic E-state index is 6.92. The Labute approximate surface area is 375 Å². The molecule has 0 saturated carbocycles. The first-order chi connectivity index (χ1) is 32.2. The number of fused-ring (bicyclic) bond motifs is 9. The number of rotatable bonds is 7. The molecule has 0 aliphatic carbocycles. The summed E-state index contributed by atoms with van der Waals surface area (Å²) < 4.78 is 13.1. The molecule has 0 atom stereocenters. The Bertz CT molecular complexity index is 3950. The molecule has 0 unspecified atom stereocenters. The molecule has 2 aromatic heterocycles. The summed E-state index contributed by atoms with van der Waals surface area (Å²) >= 11 is 0. The van der Waals surface area contributed by atoms with Crippen LogP contribution in [0.15, 0.2) is 245 Å². The summed E-state index contributed by atoms with van der Waals surface area (Å²) in [7, 11) is 0. The summed E-state index contributed by atoms with van der Waals surface area (Å²) in [6.07, 6.45) is 0. The van der Waals surface area contributed by atoms with Gasteiger partial charge in [0.2, 0.25) is 0 Å². The van der Waals surface area contributed by atoms with E-state index < -0.39 is 0 Å². The standard InChI is InChI=1S/C62H39NO2/c1-2-13-44-38-47(24-23-40(44)11-1)46-15-9-14-45(37-46)41-25-31-49(32-26-41)63(50-33-27-42(28-34-50)48-30-36-60-57(39-48)53-18-6-8-22-59(53)64-60)58-21-7-5-17-52(58)54-19-10-20-55-56-35-29-43-12-3-4-16-51(43)61(56)65-62(54)55/h1-39H. The van der Waals surface area contributed by atoms with Crippen molar-refractivity contribution in [3.05, 3.63) is 237 Å². The highest BCUT2D eigenvalue weighted by Gasteiger charge is 2.21. The average molecular weight is 830 g/mol. The van der Waals surface area contributed by atoms with E-state index in [1.54, 1.807) is 0 Å². The van der Waals surface area contributed by atoms with Crippen molar-refractivity contribution in [1.82, 2.24) is 0 Å². The van der Waals surface area contributed by atoms with Gasteiger partial charge in [-0.15, -0.1) is 0 Å². The van der Waals surface area contributed by atoms with Crippen LogP contribution < -0.4 is 4.90 Å². The Morgan fingerprint density at radius 1 is 0.262 bits per heavy atom. The quantitative estimate of drug-likeness (QED) is 0.160. The Balaban J connectivity index is 0.934. The van der Waals surface area contributed by atoms with Crippen LogP contribution in [0.1, 0.15) is 0 Å². The van der Waals surface area contributed by atoms with Crippen molar-refractivity contribution in [2.45, 2.75) is 0 Å². The lowest BCUT2D eigenvalue weighted by atomic mass is 9.96. The van der Waals surface area contributed by atoms with Gasteiger partial charge in [0, 0.05) is 49.4 Å². The number of nitrogens with zero attached hydrogens (tertiary/aromatic N) is 1. The minimum Gasteiger partial charge on any atom is -0.456 e. The summed E-state index contributed by atoms with van der Waals surface area (Å²) in [5.74, 6) is 0. The molecule has 0 fully saturated rings. The molecule has 0 aliphatic rings. The first-order valence-corrected chi connectivity index (χ1v) is 22.1. The molecule has 304 valence electrons. The summed E-state index contributed by atoms with van der Waals surface area (Å²) in [6.45, 7) is 0. The van der Waals surface area contributed by atoms with Gasteiger partial charge in [0.05, 0.1) is 5.69 Å². The number of anilines is 3. The summed E-state index contributed by atoms with van der Waals surface area (Å²) in [4.78, 5) is 2.37. The molecule has 0 N–H and O–H groups in total. The molecule has 0 aliphatic heterocycles. The topological polar surface area (TPSA) is 29.5 Å². The van der Waals surface area contributed by atoms with Crippen molar-refractivity contribution in [3.63, 3.8) is 0 Å². The molecule has 13 aromatic rings. The van der Waals surface area contributed by atoms with Crippen LogP contribution in [0.3, 0.4) is 0 Å². The lowest BCUT2D eigenvalue weighted by Crippen LogP contribution is -2.11. The maximum atomic E-state index is 6.92. The zero-order valence-corrected chi connectivity index (χ0v) is 35.3. The number of benzene rings is 11. The zero-order chi connectivity index (χ0) is 42.8. The van der Waals surface area contributed by atoms with Gasteiger partial charge in [-0.05, 0) is 116 Å². The molecule has 0 radical (unpaired) electrons. The Morgan fingerprint density at radius 3 is 1.62 bits per heavy atom. The van der Waals surface area contributed by atoms with Crippen LogP contribution in [-0.4, -0.2) is 0 Å². The number of hydrogen-bond acceptors (Lipinski definition) is 3. The minimum atomic E-state index is 0.880. The third kappa shape index (κ3) is 6.28. The fourth-order valence-corrected chi connectivity index (χ4v) is 9.82. The molecule has 3 nitrogen and oxygen atoms in total. The molecule has 2 heterocycles. The molecule has 3 heteroatoms. The second-order valence-electron chi connectivity index (χ2n) is 16.8. The van der Waals surface area contributed by atoms with Crippen molar-refractivity contribution in [2.24, 2.45) is 0 Å². The van der Waals surface area contributed by atoms with E-state index in [0.29, 0.717) is 0 Å². The van der Waals surface area contributed by atoms with Gasteiger partial charge >= 0.3 is 0 Å². The van der Waals surface area contributed by atoms with E-state index in [9.17, 15) is 0 Å². The van der Waals surface area contributed by atoms with Crippen molar-refractivity contribution in [3.8, 4) is 44.5 Å². The normalized spacial score (nSPS) is 11.7. The van der Waals surface area contributed by atoms with Gasteiger partial charge in [-0.2, -0.15) is 0 Å². The minimum absolute atomic E-state index is 0.880. The molecule has 0 bridgehead atoms. The largest absolute Gasteiger partial charge is 0.456 e. The third-order valence-electron chi connectivity index (χ3n) is 13.1. The summed E-state index contributed by atoms with van der Waals surface area (Å²) in [5.41, 5.74) is 15.9. The molecular weight excluding hydrogens is 791 g/mol. The van der Waals surface area contributed by atoms with Crippen molar-refractivity contribution in [2.75, 3.05) is 4.90 Å². The predicted octanol–water partition coefficient (Wildman–Crippen LogP) is 17.9. The number of para-hydroxylation sites is 3. The smallest absolute Gasteiger partial charge is 0.143 e. The van der Waals surface area contributed by atoms with Gasteiger partial charge in [0.25, 0.3) is 0 Å². The van der Waals surface area contributed by atoms with Gasteiger partial charge in [-0.1, -0.05) is 170 Å². The lowest BCUT2D eigenvalue weighted by molar-refractivity contribution is 0.669. The van der Waals surface area contributed by atoms with E-state index in [1.807, 2.05) is 12.1 Å². The lowest BCUT2D eigenvalue weighted by Gasteiger charge is -2.28. The highest BCUT2D eigenvalue weighted by Crippen LogP contribution is 2.46. The molecule has 65 heavy (non-hydrogen) atoms. The van der Waals surface area contributed by atoms with Crippen LogP contribution in [-0.2, 0) is 0 Å². The Morgan fingerprint density at radius 2 is 0.800 bits per heavy atom. The fourth-order valence-electron chi connectivity index (χ4n) is 9.82. The van der Waals surface area contributed by atoms with Crippen molar-refractivity contribution in [1.29, 1.82) is 0 Å². The predicted molar refractivity (Wildman–Crippen MR) is 272 cm³/mol. The molecule has 0 saturated heterocycles. The van der Waals surface area contributed by atoms with E-state index in [-0.39, 0.29) is 0 Å². The van der Waals surface area contributed by atoms with Crippen molar-refractivity contribution >= 4 is 82.5 Å². The first kappa shape index (κ1) is 36.9. The second kappa shape index (κ2) is 15.0. The number of hydrogen-bond donors (Lipinski definition) is 0. The average Bonchev–Trinajstić information content (AvgIpc) is 3.96. The van der Waals surface area contributed by atoms with Crippen LogP contribution in [0.5, 0.6) is 0 Å². The Kier molecular flexibility index (Phi) is 8.53. The molecular formula is C62H39NO2. The van der Waals surface area contributed by atoms with E-state index >= 15 is 0 Å². The molecule has 11 aromatic carbocycles. The summed E-state index contributed by atoms with van der Waals surface area (Å²) in [5, 5.41) is 9.23. The van der Waals surface area contributed by atoms with Crippen LogP contribution in [0, 0.1) is 0 Å². The number of furan rings is 2. The van der Waals surface area contributed by atoms with Gasteiger partial charge in [0.1, 0.15) is 22.3 Å². The Hall–Kier alpha value is -8.66. The highest BCUT2D eigenvalue weighted by atomic mass is 16.3. The molecule has 0 amide bonds. The monoisotopic (exact) mass is 829 g/mol. The van der Waals surface area contributed by atoms with Gasteiger partial charge in [-0.25, -0.2) is 0 Å². The third-order valence-corrected chi connectivity index (χ3v) is 13.1. The van der Waals surface area contributed by atoms with Crippen LogP contribution in [0.4, 0.5) is 17.1 Å². The van der Waals surface area contributed by atoms with Gasteiger partial charge in [0.15, 0.2) is 0 Å². The van der Waals surface area contributed by atoms with Crippen LogP contribution in [0.2, 0.25) is 0 Å². The van der Waals surface area contributed by atoms with Gasteiger partial charge in [-0.3, -0.25) is 0 Å².